The molecule has 0 atom stereocenters. The van der Waals surface area contributed by atoms with Gasteiger partial charge in [0.2, 0.25) is 15.2 Å². The van der Waals surface area contributed by atoms with Crippen LogP contribution in [0.4, 0.5) is 10.8 Å². The molecule has 0 saturated carbocycles. The van der Waals surface area contributed by atoms with Gasteiger partial charge in [-0.25, -0.2) is 8.42 Å². The molecule has 10 nitrogen and oxygen atoms in total. The summed E-state index contributed by atoms with van der Waals surface area (Å²) < 4.78 is 27.6. The number of sulfonamides is 1. The maximum absolute atomic E-state index is 12.9. The zero-order chi connectivity index (χ0) is 20.3. The maximum atomic E-state index is 12.9. The second kappa shape index (κ2) is 8.69. The van der Waals surface area contributed by atoms with Crippen LogP contribution in [0.3, 0.4) is 0 Å². The van der Waals surface area contributed by atoms with E-state index in [0.717, 1.165) is 17.8 Å². The Hall–Kier alpha value is -1.80. The molecular formula is C15H20N6O4S3. The minimum absolute atomic E-state index is 0.0706. The summed E-state index contributed by atoms with van der Waals surface area (Å²) in [5, 5.41) is 23.2. The maximum Gasteiger partial charge on any atom is 0.284 e. The molecule has 1 N–H and O–H groups in total. The van der Waals surface area contributed by atoms with Gasteiger partial charge in [0.1, 0.15) is 0 Å². The number of nitro groups is 1. The lowest BCUT2D eigenvalue weighted by atomic mass is 10.3. The molecule has 1 saturated heterocycles. The number of benzene rings is 1. The average Bonchev–Trinajstić information content (AvgIpc) is 3.09. The van der Waals surface area contributed by atoms with Crippen molar-refractivity contribution in [2.75, 3.05) is 45.1 Å². The van der Waals surface area contributed by atoms with Gasteiger partial charge in [-0.2, -0.15) is 4.31 Å². The molecule has 0 radical (unpaired) electrons. The Bertz CT molecular complexity index is 956. The van der Waals surface area contributed by atoms with E-state index in [9.17, 15) is 18.5 Å². The first-order valence-electron chi connectivity index (χ1n) is 8.53. The molecule has 1 aromatic carbocycles. The Morgan fingerprint density at radius 3 is 2.64 bits per heavy atom. The highest BCUT2D eigenvalue weighted by Crippen LogP contribution is 2.38. The highest BCUT2D eigenvalue weighted by molar-refractivity contribution is 8.01. The molecule has 13 heteroatoms. The molecule has 1 aliphatic heterocycles. The van der Waals surface area contributed by atoms with E-state index in [2.05, 4.69) is 15.5 Å². The van der Waals surface area contributed by atoms with Crippen molar-refractivity contribution in [2.24, 2.45) is 0 Å². The van der Waals surface area contributed by atoms with E-state index < -0.39 is 14.9 Å². The SMILES string of the molecule is CCNc1nnc(Sc2ccc(S(=O)(=O)N3CCN(C)CC3)cc2[N+](=O)[O-])s1. The topological polar surface area (TPSA) is 122 Å². The van der Waals surface area contributed by atoms with Crippen molar-refractivity contribution in [2.45, 2.75) is 21.1 Å². The van der Waals surface area contributed by atoms with E-state index in [1.165, 1.54) is 27.8 Å². The fourth-order valence-corrected chi connectivity index (χ4v) is 5.94. The molecule has 0 unspecified atom stereocenters. The van der Waals surface area contributed by atoms with Crippen LogP contribution in [0.5, 0.6) is 0 Å². The summed E-state index contributed by atoms with van der Waals surface area (Å²) in [4.78, 5) is 13.3. The monoisotopic (exact) mass is 444 g/mol. The molecular weight excluding hydrogens is 424 g/mol. The normalized spacial score (nSPS) is 16.2. The van der Waals surface area contributed by atoms with Crippen LogP contribution in [0, 0.1) is 10.1 Å². The van der Waals surface area contributed by atoms with Crippen LogP contribution in [0.1, 0.15) is 6.92 Å². The molecule has 2 heterocycles. The summed E-state index contributed by atoms with van der Waals surface area (Å²) in [5.74, 6) is 0. The van der Waals surface area contributed by atoms with Crippen LogP contribution < -0.4 is 5.32 Å². The van der Waals surface area contributed by atoms with Crippen LogP contribution in [0.25, 0.3) is 0 Å². The molecule has 2 aromatic rings. The standard InChI is InChI=1S/C15H20N6O4S3/c1-3-16-14-17-18-15(27-14)26-13-5-4-11(10-12(13)21(22)23)28(24,25)20-8-6-19(2)7-9-20/h4-5,10H,3,6-9H2,1-2H3,(H,16,17). The number of anilines is 1. The lowest BCUT2D eigenvalue weighted by Gasteiger charge is -2.31. The van der Waals surface area contributed by atoms with Crippen LogP contribution in [-0.2, 0) is 10.0 Å². The van der Waals surface area contributed by atoms with Gasteiger partial charge in [-0.3, -0.25) is 10.1 Å². The lowest BCUT2D eigenvalue weighted by Crippen LogP contribution is -2.47. The average molecular weight is 445 g/mol. The zero-order valence-corrected chi connectivity index (χ0v) is 17.8. The van der Waals surface area contributed by atoms with Gasteiger partial charge >= 0.3 is 0 Å². The molecule has 0 bridgehead atoms. The Kier molecular flexibility index (Phi) is 6.50. The van der Waals surface area contributed by atoms with Gasteiger partial charge < -0.3 is 10.2 Å². The summed E-state index contributed by atoms with van der Waals surface area (Å²) in [6.07, 6.45) is 0. The second-order valence-corrected chi connectivity index (χ2v) is 10.3. The smallest absolute Gasteiger partial charge is 0.284 e. The minimum atomic E-state index is -3.78. The molecule has 28 heavy (non-hydrogen) atoms. The lowest BCUT2D eigenvalue weighted by molar-refractivity contribution is -0.388. The molecule has 0 spiro atoms. The van der Waals surface area contributed by atoms with Gasteiger partial charge in [-0.1, -0.05) is 11.3 Å². The van der Waals surface area contributed by atoms with Gasteiger partial charge in [0.05, 0.1) is 14.7 Å². The molecule has 3 rings (SSSR count). The molecule has 1 fully saturated rings. The summed E-state index contributed by atoms with van der Waals surface area (Å²) in [7, 11) is -1.85. The van der Waals surface area contributed by atoms with E-state index in [1.54, 1.807) is 0 Å². The van der Waals surface area contributed by atoms with Crippen LogP contribution in [0.2, 0.25) is 0 Å². The third kappa shape index (κ3) is 4.60. The van der Waals surface area contributed by atoms with Crippen LogP contribution in [0.15, 0.2) is 32.3 Å². The van der Waals surface area contributed by atoms with E-state index in [-0.39, 0.29) is 10.6 Å². The Balaban J connectivity index is 1.87. The third-order valence-corrected chi connectivity index (χ3v) is 8.05. The van der Waals surface area contributed by atoms with Crippen molar-refractivity contribution in [1.29, 1.82) is 0 Å². The first-order chi connectivity index (χ1) is 13.3. The second-order valence-electron chi connectivity index (χ2n) is 6.10. The van der Waals surface area contributed by atoms with Crippen LogP contribution in [-0.4, -0.2) is 72.5 Å². The van der Waals surface area contributed by atoms with Crippen molar-refractivity contribution in [3.8, 4) is 0 Å². The summed E-state index contributed by atoms with van der Waals surface area (Å²) in [6.45, 7) is 4.60. The largest absolute Gasteiger partial charge is 0.360 e. The summed E-state index contributed by atoms with van der Waals surface area (Å²) in [6, 6.07) is 4.00. The molecule has 152 valence electrons. The van der Waals surface area contributed by atoms with E-state index in [4.69, 9.17) is 0 Å². The number of aromatic nitrogens is 2. The third-order valence-electron chi connectivity index (χ3n) is 4.16. The van der Waals surface area contributed by atoms with E-state index in [1.807, 2.05) is 18.9 Å². The van der Waals surface area contributed by atoms with E-state index in [0.29, 0.717) is 47.1 Å². The Morgan fingerprint density at radius 1 is 1.29 bits per heavy atom. The quantitative estimate of drug-likeness (QED) is 0.504. The number of hydrogen-bond donors (Lipinski definition) is 1. The summed E-state index contributed by atoms with van der Waals surface area (Å²) in [5.41, 5.74) is -0.264. The van der Waals surface area contributed by atoms with Crippen LogP contribution >= 0.6 is 23.1 Å². The highest BCUT2D eigenvalue weighted by Gasteiger charge is 2.30. The minimum Gasteiger partial charge on any atom is -0.360 e. The first-order valence-corrected chi connectivity index (χ1v) is 11.6. The van der Waals surface area contributed by atoms with Gasteiger partial charge in [-0.15, -0.1) is 10.2 Å². The summed E-state index contributed by atoms with van der Waals surface area (Å²) >= 11 is 2.37. The molecule has 0 aliphatic carbocycles. The first kappa shape index (κ1) is 20.9. The van der Waals surface area contributed by atoms with Crippen molar-refractivity contribution < 1.29 is 13.3 Å². The Morgan fingerprint density at radius 2 is 2.00 bits per heavy atom. The fraction of sp³-hybridized carbons (Fsp3) is 0.467. The van der Waals surface area contributed by atoms with Crippen molar-refractivity contribution in [1.82, 2.24) is 19.4 Å². The fourth-order valence-electron chi connectivity index (χ4n) is 2.63. The van der Waals surface area contributed by atoms with E-state index >= 15 is 0 Å². The predicted molar refractivity (Wildman–Crippen MR) is 108 cm³/mol. The number of nitrogens with one attached hydrogen (secondary N) is 1. The molecule has 0 amide bonds. The Labute approximate surface area is 171 Å². The van der Waals surface area contributed by atoms with Gasteiger partial charge in [0, 0.05) is 38.8 Å². The number of nitro benzene ring substituents is 1. The highest BCUT2D eigenvalue weighted by atomic mass is 32.2. The van der Waals surface area contributed by atoms with Crippen molar-refractivity contribution >= 4 is 43.9 Å². The predicted octanol–water partition coefficient (Wildman–Crippen LogP) is 1.97. The van der Waals surface area contributed by atoms with Crippen molar-refractivity contribution in [3.63, 3.8) is 0 Å². The van der Waals surface area contributed by atoms with Crippen molar-refractivity contribution in [3.05, 3.63) is 28.3 Å². The van der Waals surface area contributed by atoms with Gasteiger partial charge in [0.15, 0.2) is 4.34 Å². The number of piperazine rings is 1. The number of hydrogen-bond acceptors (Lipinski definition) is 10. The number of nitrogens with zero attached hydrogens (tertiary/aromatic N) is 5. The van der Waals surface area contributed by atoms with Gasteiger partial charge in [0.25, 0.3) is 5.69 Å². The zero-order valence-electron chi connectivity index (χ0n) is 15.4. The number of rotatable bonds is 7. The molecule has 1 aromatic heterocycles. The van der Waals surface area contributed by atoms with Gasteiger partial charge in [-0.05, 0) is 37.9 Å². The molecule has 1 aliphatic rings. The number of likely N-dealkylation sites (N-methyl/N-ethyl adjacent to an activating group) is 1.